The predicted molar refractivity (Wildman–Crippen MR) is 41.3 cm³/mol. The van der Waals surface area contributed by atoms with E-state index in [0.29, 0.717) is 0 Å². The number of carboxylic acid groups (broad SMARTS) is 1. The van der Waals surface area contributed by atoms with Crippen molar-refractivity contribution >= 4 is 16.4 Å². The lowest BCUT2D eigenvalue weighted by Crippen LogP contribution is -2.59. The Morgan fingerprint density at radius 3 is 2.38 bits per heavy atom. The molecule has 0 saturated carbocycles. The van der Waals surface area contributed by atoms with Gasteiger partial charge >= 0.3 is 0 Å². The molecule has 1 fully saturated rings. The molecule has 2 unspecified atom stereocenters. The van der Waals surface area contributed by atoms with Crippen molar-refractivity contribution in [3.63, 3.8) is 0 Å². The molecule has 2 N–H and O–H groups in total. The van der Waals surface area contributed by atoms with Crippen LogP contribution in [0.2, 0.25) is 0 Å². The Hall–Kier alpha value is -0.780. The quantitative estimate of drug-likeness (QED) is 0.376. The molecule has 94 valence electrons. The minimum absolute atomic E-state index is 0.668. The van der Waals surface area contributed by atoms with Crippen molar-refractivity contribution in [2.45, 2.75) is 24.4 Å². The Bertz CT molecular complexity index is 362. The van der Waals surface area contributed by atoms with Gasteiger partial charge in [0.2, 0.25) is 10.4 Å². The molecule has 16 heavy (non-hydrogen) atoms. The van der Waals surface area contributed by atoms with Crippen molar-refractivity contribution in [3.8, 4) is 0 Å². The summed E-state index contributed by atoms with van der Waals surface area (Å²) in [6.07, 6.45) is -7.26. The largest absolute Gasteiger partial charge is 0.726 e. The number of carbonyl (C=O) groups is 1. The summed E-state index contributed by atoms with van der Waals surface area (Å²) in [6.45, 7) is -0.668. The van der Waals surface area contributed by atoms with Gasteiger partial charge in [-0.15, -0.1) is 0 Å². The molecule has 1 rings (SSSR count). The van der Waals surface area contributed by atoms with Gasteiger partial charge in [-0.05, 0) is 0 Å². The highest BCUT2D eigenvalue weighted by atomic mass is 32.3. The second-order valence-corrected chi connectivity index (χ2v) is 4.11. The summed E-state index contributed by atoms with van der Waals surface area (Å²) < 4.78 is 39.0. The molecule has 0 aromatic rings. The zero-order valence-corrected chi connectivity index (χ0v) is 8.49. The van der Waals surface area contributed by atoms with Crippen molar-refractivity contribution in [2.24, 2.45) is 0 Å². The zero-order valence-electron chi connectivity index (χ0n) is 7.68. The molecule has 4 atom stereocenters. The van der Waals surface area contributed by atoms with Crippen molar-refractivity contribution in [1.82, 2.24) is 0 Å². The first kappa shape index (κ1) is 13.3. The maximum atomic E-state index is 10.4. The van der Waals surface area contributed by atoms with Gasteiger partial charge in [0, 0.05) is 0 Å². The Morgan fingerprint density at radius 2 is 1.94 bits per heavy atom. The van der Waals surface area contributed by atoms with Crippen LogP contribution in [-0.2, 0) is 24.1 Å². The summed E-state index contributed by atoms with van der Waals surface area (Å²) in [5.74, 6) is -1.77. The molecular weight excluding hydrogens is 248 g/mol. The maximum absolute atomic E-state index is 10.4. The van der Waals surface area contributed by atoms with Gasteiger partial charge in [-0.3, -0.25) is 4.18 Å². The highest BCUT2D eigenvalue weighted by molar-refractivity contribution is 7.80. The van der Waals surface area contributed by atoms with Gasteiger partial charge in [0.1, 0.15) is 24.4 Å². The Labute approximate surface area is 90.2 Å². The van der Waals surface area contributed by atoms with E-state index in [1.54, 1.807) is 0 Å². The average Bonchev–Trinajstić information content (AvgIpc) is 2.10. The molecule has 1 aliphatic heterocycles. The molecule has 1 aliphatic rings. The smallest absolute Gasteiger partial charge is 0.218 e. The summed E-state index contributed by atoms with van der Waals surface area (Å²) in [7, 11) is -5.08. The van der Waals surface area contributed by atoms with E-state index in [2.05, 4.69) is 8.92 Å². The number of aliphatic carboxylic acids is 1. The van der Waals surface area contributed by atoms with Gasteiger partial charge < -0.3 is 29.4 Å². The fourth-order valence-electron chi connectivity index (χ4n) is 1.24. The normalized spacial score (nSPS) is 35.9. The van der Waals surface area contributed by atoms with Crippen LogP contribution in [0.15, 0.2) is 0 Å². The molecule has 9 nitrogen and oxygen atoms in total. The van der Waals surface area contributed by atoms with Crippen molar-refractivity contribution < 1.29 is 42.0 Å². The third kappa shape index (κ3) is 3.10. The van der Waals surface area contributed by atoms with Crippen LogP contribution in [0.5, 0.6) is 0 Å². The van der Waals surface area contributed by atoms with E-state index < -0.39 is 47.4 Å². The first-order valence-corrected chi connectivity index (χ1v) is 5.38. The number of ether oxygens (including phenoxy) is 1. The monoisotopic (exact) mass is 256 g/mol. The number of aliphatic hydroxyl groups is 2. The SMILES string of the molecule is O=C([O-])C1OCC(OS(=O)(=O)[O-])[C@@H](O)[C@H]1O. The van der Waals surface area contributed by atoms with Crippen molar-refractivity contribution in [3.05, 3.63) is 0 Å². The van der Waals surface area contributed by atoms with Gasteiger partial charge in [0.25, 0.3) is 0 Å². The fraction of sp³-hybridized carbons (Fsp3) is 0.833. The van der Waals surface area contributed by atoms with E-state index >= 15 is 0 Å². The molecule has 0 aliphatic carbocycles. The summed E-state index contributed by atoms with van der Waals surface area (Å²) in [5.41, 5.74) is 0. The lowest BCUT2D eigenvalue weighted by atomic mass is 10.0. The number of carboxylic acids is 1. The van der Waals surface area contributed by atoms with Crippen LogP contribution in [0.4, 0.5) is 0 Å². The Kier molecular flexibility index (Phi) is 3.83. The van der Waals surface area contributed by atoms with Gasteiger partial charge in [-0.25, -0.2) is 8.42 Å². The standard InChI is InChI=1S/C6H10O9S/c7-3-2(15-16(11,12)13)1-14-5(4(3)8)6(9)10/h2-5,7-8H,1H2,(H,9,10)(H,11,12,13)/p-2/t2?,3-,4-,5?/m1/s1. The number of rotatable bonds is 3. The second kappa shape index (κ2) is 4.61. The average molecular weight is 256 g/mol. The second-order valence-electron chi connectivity index (χ2n) is 3.10. The van der Waals surface area contributed by atoms with Crippen molar-refractivity contribution in [2.75, 3.05) is 6.61 Å². The van der Waals surface area contributed by atoms with E-state index in [9.17, 15) is 33.1 Å². The van der Waals surface area contributed by atoms with Gasteiger partial charge in [-0.1, -0.05) is 0 Å². The Morgan fingerprint density at radius 1 is 1.38 bits per heavy atom. The summed E-state index contributed by atoms with van der Waals surface area (Å²) in [4.78, 5) is 10.4. The molecule has 0 aromatic carbocycles. The number of aliphatic hydroxyl groups excluding tert-OH is 2. The lowest BCUT2D eigenvalue weighted by Gasteiger charge is -2.37. The first-order chi connectivity index (χ1) is 7.22. The summed E-state index contributed by atoms with van der Waals surface area (Å²) >= 11 is 0. The first-order valence-electron chi connectivity index (χ1n) is 4.05. The lowest BCUT2D eigenvalue weighted by molar-refractivity contribution is -0.327. The highest BCUT2D eigenvalue weighted by Crippen LogP contribution is 2.18. The van der Waals surface area contributed by atoms with Gasteiger partial charge in [-0.2, -0.15) is 0 Å². The maximum Gasteiger partial charge on any atom is 0.218 e. The molecule has 0 radical (unpaired) electrons. The van der Waals surface area contributed by atoms with Crippen molar-refractivity contribution in [1.29, 1.82) is 0 Å². The van der Waals surface area contributed by atoms with E-state index in [1.807, 2.05) is 0 Å². The molecule has 0 aromatic heterocycles. The molecule has 0 bridgehead atoms. The fourth-order valence-corrected chi connectivity index (χ4v) is 1.71. The van der Waals surface area contributed by atoms with E-state index in [0.717, 1.165) is 0 Å². The molecular formula is C6H8O9S-2. The predicted octanol–water partition coefficient (Wildman–Crippen LogP) is -4.30. The third-order valence-corrected chi connectivity index (χ3v) is 2.44. The molecule has 0 amide bonds. The number of hydrogen-bond acceptors (Lipinski definition) is 9. The van der Waals surface area contributed by atoms with Gasteiger partial charge in [0.05, 0.1) is 12.6 Å². The molecule has 10 heteroatoms. The minimum atomic E-state index is -5.08. The van der Waals surface area contributed by atoms with Crippen LogP contribution in [0.25, 0.3) is 0 Å². The molecule has 1 saturated heterocycles. The third-order valence-electron chi connectivity index (χ3n) is 1.95. The summed E-state index contributed by atoms with van der Waals surface area (Å²) in [6, 6.07) is 0. The van der Waals surface area contributed by atoms with Crippen LogP contribution < -0.4 is 5.11 Å². The van der Waals surface area contributed by atoms with Crippen LogP contribution >= 0.6 is 0 Å². The van der Waals surface area contributed by atoms with Crippen LogP contribution in [0.3, 0.4) is 0 Å². The van der Waals surface area contributed by atoms with Crippen LogP contribution in [-0.4, -0.2) is 60.2 Å². The minimum Gasteiger partial charge on any atom is -0.726 e. The van der Waals surface area contributed by atoms with E-state index in [4.69, 9.17) is 0 Å². The Balaban J connectivity index is 2.72. The highest BCUT2D eigenvalue weighted by Gasteiger charge is 2.40. The van der Waals surface area contributed by atoms with Crippen LogP contribution in [0.1, 0.15) is 0 Å². The topological polar surface area (TPSA) is 156 Å². The summed E-state index contributed by atoms with van der Waals surface area (Å²) in [5, 5.41) is 28.8. The van der Waals surface area contributed by atoms with Crippen LogP contribution in [0, 0.1) is 0 Å². The zero-order chi connectivity index (χ0) is 12.5. The van der Waals surface area contributed by atoms with Gasteiger partial charge in [0.15, 0.2) is 0 Å². The van der Waals surface area contributed by atoms with E-state index in [-0.39, 0.29) is 0 Å². The number of hydrogen-bond donors (Lipinski definition) is 2. The van der Waals surface area contributed by atoms with E-state index in [1.165, 1.54) is 0 Å². The molecule has 0 spiro atoms. The number of carbonyl (C=O) groups excluding carboxylic acids is 1. The molecule has 1 heterocycles.